The predicted molar refractivity (Wildman–Crippen MR) is 55.1 cm³/mol. The highest BCUT2D eigenvalue weighted by Gasteiger charge is 2.21. The zero-order valence-corrected chi connectivity index (χ0v) is 9.25. The fourth-order valence-electron chi connectivity index (χ4n) is 1.59. The molecule has 1 unspecified atom stereocenters. The number of nitrogens with one attached hydrogen (secondary N) is 1. The van der Waals surface area contributed by atoms with Gasteiger partial charge < -0.3 is 10.1 Å². The van der Waals surface area contributed by atoms with E-state index in [1.165, 1.54) is 6.92 Å². The fraction of sp³-hybridized carbons (Fsp3) is 0.900. The molecule has 0 bridgehead atoms. The Balaban J connectivity index is 2.29. The van der Waals surface area contributed by atoms with E-state index in [9.17, 15) is 4.79 Å². The molecule has 14 heavy (non-hydrogen) atoms. The summed E-state index contributed by atoms with van der Waals surface area (Å²) in [7, 11) is 0. The summed E-state index contributed by atoms with van der Waals surface area (Å²) in [5, 5.41) is 2.78. The first-order chi connectivity index (χ1) is 6.59. The summed E-state index contributed by atoms with van der Waals surface area (Å²) >= 11 is 0. The number of hydrogen-bond donors (Lipinski definition) is 1. The molecule has 0 aromatic rings. The highest BCUT2D eigenvalue weighted by atomic mass is 16.5. The SMILES string of the molecule is CC(=O)NCC1CN(C(C)C)CCO1. The van der Waals surface area contributed by atoms with Crippen LogP contribution in [0.2, 0.25) is 0 Å². The molecule has 1 aliphatic rings. The third-order valence-electron chi connectivity index (χ3n) is 2.48. The zero-order valence-electron chi connectivity index (χ0n) is 9.25. The number of nitrogens with zero attached hydrogens (tertiary/aromatic N) is 1. The first-order valence-corrected chi connectivity index (χ1v) is 5.19. The molecule has 0 aromatic carbocycles. The average Bonchev–Trinajstić information content (AvgIpc) is 2.15. The van der Waals surface area contributed by atoms with Gasteiger partial charge in [0.2, 0.25) is 5.91 Å². The van der Waals surface area contributed by atoms with E-state index in [0.29, 0.717) is 12.6 Å². The number of hydrogen-bond acceptors (Lipinski definition) is 3. The van der Waals surface area contributed by atoms with Crippen molar-refractivity contribution in [2.75, 3.05) is 26.2 Å². The summed E-state index contributed by atoms with van der Waals surface area (Å²) in [5.74, 6) is 0.00951. The minimum Gasteiger partial charge on any atom is -0.374 e. The lowest BCUT2D eigenvalue weighted by Crippen LogP contribution is -2.49. The van der Waals surface area contributed by atoms with Gasteiger partial charge in [0.25, 0.3) is 0 Å². The molecule has 0 aromatic heterocycles. The third kappa shape index (κ3) is 3.64. The van der Waals surface area contributed by atoms with Crippen molar-refractivity contribution >= 4 is 5.91 Å². The monoisotopic (exact) mass is 200 g/mol. The molecule has 0 aliphatic carbocycles. The van der Waals surface area contributed by atoms with Crippen molar-refractivity contribution in [3.63, 3.8) is 0 Å². The number of carbonyl (C=O) groups excluding carboxylic acids is 1. The maximum Gasteiger partial charge on any atom is 0.216 e. The lowest BCUT2D eigenvalue weighted by Gasteiger charge is -2.35. The van der Waals surface area contributed by atoms with Gasteiger partial charge in [-0.3, -0.25) is 9.69 Å². The molecule has 1 aliphatic heterocycles. The molecule has 1 amide bonds. The van der Waals surface area contributed by atoms with Crippen LogP contribution in [0.3, 0.4) is 0 Å². The van der Waals surface area contributed by atoms with Crippen LogP contribution in [0.4, 0.5) is 0 Å². The summed E-state index contributed by atoms with van der Waals surface area (Å²) in [6, 6.07) is 0.554. The first-order valence-electron chi connectivity index (χ1n) is 5.19. The van der Waals surface area contributed by atoms with Gasteiger partial charge in [0.05, 0.1) is 12.7 Å². The highest BCUT2D eigenvalue weighted by Crippen LogP contribution is 2.07. The number of morpholine rings is 1. The van der Waals surface area contributed by atoms with Gasteiger partial charge in [0, 0.05) is 32.6 Å². The maximum absolute atomic E-state index is 10.7. The molecule has 1 N–H and O–H groups in total. The minimum absolute atomic E-state index is 0.00951. The standard InChI is InChI=1S/C10H20N2O2/c1-8(2)12-4-5-14-10(7-12)6-11-9(3)13/h8,10H,4-7H2,1-3H3,(H,11,13). The van der Waals surface area contributed by atoms with Gasteiger partial charge in [-0.25, -0.2) is 0 Å². The number of rotatable bonds is 3. The van der Waals surface area contributed by atoms with Gasteiger partial charge in [-0.15, -0.1) is 0 Å². The summed E-state index contributed by atoms with van der Waals surface area (Å²) in [6.07, 6.45) is 0.148. The van der Waals surface area contributed by atoms with Gasteiger partial charge in [0.15, 0.2) is 0 Å². The zero-order chi connectivity index (χ0) is 10.6. The van der Waals surface area contributed by atoms with Crippen LogP contribution >= 0.6 is 0 Å². The molecule has 1 atom stereocenters. The van der Waals surface area contributed by atoms with Crippen molar-refractivity contribution in [1.29, 1.82) is 0 Å². The largest absolute Gasteiger partial charge is 0.374 e. The molecule has 1 fully saturated rings. The van der Waals surface area contributed by atoms with Gasteiger partial charge in [-0.1, -0.05) is 0 Å². The summed E-state index contributed by atoms with van der Waals surface area (Å²) in [4.78, 5) is 13.1. The Morgan fingerprint density at radius 3 is 2.93 bits per heavy atom. The van der Waals surface area contributed by atoms with Crippen molar-refractivity contribution in [2.45, 2.75) is 32.9 Å². The summed E-state index contributed by atoms with van der Waals surface area (Å²) in [6.45, 7) is 9.19. The molecular weight excluding hydrogens is 180 g/mol. The Bertz CT molecular complexity index is 195. The van der Waals surface area contributed by atoms with Crippen molar-refractivity contribution < 1.29 is 9.53 Å². The third-order valence-corrected chi connectivity index (χ3v) is 2.48. The Hall–Kier alpha value is -0.610. The van der Waals surface area contributed by atoms with E-state index in [4.69, 9.17) is 4.74 Å². The van der Waals surface area contributed by atoms with E-state index >= 15 is 0 Å². The van der Waals surface area contributed by atoms with Crippen molar-refractivity contribution in [3.8, 4) is 0 Å². The Morgan fingerprint density at radius 2 is 2.36 bits per heavy atom. The maximum atomic E-state index is 10.7. The van der Waals surface area contributed by atoms with E-state index in [-0.39, 0.29) is 12.0 Å². The van der Waals surface area contributed by atoms with Crippen LogP contribution in [0.1, 0.15) is 20.8 Å². The normalized spacial score (nSPS) is 23.9. The number of carbonyl (C=O) groups is 1. The molecule has 0 radical (unpaired) electrons. The van der Waals surface area contributed by atoms with Gasteiger partial charge in [0.1, 0.15) is 0 Å². The molecule has 0 saturated carbocycles. The van der Waals surface area contributed by atoms with Gasteiger partial charge in [-0.2, -0.15) is 0 Å². The molecule has 82 valence electrons. The Kier molecular flexibility index (Phi) is 4.35. The smallest absolute Gasteiger partial charge is 0.216 e. The molecule has 4 nitrogen and oxygen atoms in total. The summed E-state index contributed by atoms with van der Waals surface area (Å²) in [5.41, 5.74) is 0. The van der Waals surface area contributed by atoms with Gasteiger partial charge >= 0.3 is 0 Å². The average molecular weight is 200 g/mol. The number of ether oxygens (including phenoxy) is 1. The second-order valence-electron chi connectivity index (χ2n) is 4.02. The van der Waals surface area contributed by atoms with Crippen LogP contribution in [0.25, 0.3) is 0 Å². The van der Waals surface area contributed by atoms with E-state index in [0.717, 1.165) is 19.7 Å². The lowest BCUT2D eigenvalue weighted by molar-refractivity contribution is -0.120. The summed E-state index contributed by atoms with van der Waals surface area (Å²) < 4.78 is 5.55. The molecule has 0 spiro atoms. The second-order valence-corrected chi connectivity index (χ2v) is 4.02. The van der Waals surface area contributed by atoms with Crippen molar-refractivity contribution in [2.24, 2.45) is 0 Å². The first kappa shape index (κ1) is 11.5. The lowest BCUT2D eigenvalue weighted by atomic mass is 10.2. The topological polar surface area (TPSA) is 41.6 Å². The van der Waals surface area contributed by atoms with E-state index in [2.05, 4.69) is 24.1 Å². The van der Waals surface area contributed by atoms with Crippen LogP contribution < -0.4 is 5.32 Å². The molecule has 1 saturated heterocycles. The molecule has 1 heterocycles. The van der Waals surface area contributed by atoms with E-state index in [1.54, 1.807) is 0 Å². The van der Waals surface area contributed by atoms with Crippen LogP contribution in [-0.2, 0) is 9.53 Å². The number of amides is 1. The van der Waals surface area contributed by atoms with Crippen molar-refractivity contribution in [3.05, 3.63) is 0 Å². The van der Waals surface area contributed by atoms with E-state index in [1.807, 2.05) is 0 Å². The van der Waals surface area contributed by atoms with Crippen molar-refractivity contribution in [1.82, 2.24) is 10.2 Å². The van der Waals surface area contributed by atoms with Crippen LogP contribution in [0.15, 0.2) is 0 Å². The Morgan fingerprint density at radius 1 is 1.64 bits per heavy atom. The molecule has 4 heteroatoms. The predicted octanol–water partition coefficient (Wildman–Crippen LogP) is 0.232. The minimum atomic E-state index is 0.00951. The van der Waals surface area contributed by atoms with Crippen LogP contribution in [0.5, 0.6) is 0 Å². The fourth-order valence-corrected chi connectivity index (χ4v) is 1.59. The van der Waals surface area contributed by atoms with Crippen LogP contribution in [-0.4, -0.2) is 49.2 Å². The van der Waals surface area contributed by atoms with Gasteiger partial charge in [-0.05, 0) is 13.8 Å². The van der Waals surface area contributed by atoms with Crippen LogP contribution in [0, 0.1) is 0 Å². The highest BCUT2D eigenvalue weighted by molar-refractivity contribution is 5.72. The van der Waals surface area contributed by atoms with E-state index < -0.39 is 0 Å². The quantitative estimate of drug-likeness (QED) is 0.709. The second kappa shape index (κ2) is 5.32. The Labute approximate surface area is 85.6 Å². The molecular formula is C10H20N2O2. The molecule has 1 rings (SSSR count).